The zero-order valence-electron chi connectivity index (χ0n) is 10.1. The maximum atomic E-state index is 11.5. The lowest BCUT2D eigenvalue weighted by Gasteiger charge is -2.32. The van der Waals surface area contributed by atoms with Crippen molar-refractivity contribution in [2.45, 2.75) is 39.2 Å². The van der Waals surface area contributed by atoms with Gasteiger partial charge in [-0.2, -0.15) is 0 Å². The highest BCUT2D eigenvalue weighted by atomic mass is 16.5. The van der Waals surface area contributed by atoms with E-state index < -0.39 is 0 Å². The number of allylic oxidation sites excluding steroid dienone is 1. The number of carbonyl (C=O) groups excluding carboxylic acids is 1. The van der Waals surface area contributed by atoms with Gasteiger partial charge in [-0.05, 0) is 32.1 Å². The number of hydrogen-bond acceptors (Lipinski definition) is 2. The Morgan fingerprint density at radius 2 is 2.19 bits per heavy atom. The molecule has 16 heavy (non-hydrogen) atoms. The van der Waals surface area contributed by atoms with Crippen molar-refractivity contribution in [1.82, 2.24) is 0 Å². The summed E-state index contributed by atoms with van der Waals surface area (Å²) >= 11 is 0. The van der Waals surface area contributed by atoms with E-state index in [0.717, 1.165) is 25.9 Å². The molecule has 2 aliphatic carbocycles. The number of carbonyl (C=O) groups is 1. The largest absolute Gasteiger partial charge is 0.378 e. The van der Waals surface area contributed by atoms with Crippen molar-refractivity contribution in [3.63, 3.8) is 0 Å². The van der Waals surface area contributed by atoms with Crippen LogP contribution in [-0.2, 0) is 9.53 Å². The van der Waals surface area contributed by atoms with E-state index in [0.29, 0.717) is 5.92 Å². The van der Waals surface area contributed by atoms with Crippen LogP contribution in [0.15, 0.2) is 12.2 Å². The molecule has 1 fully saturated rings. The summed E-state index contributed by atoms with van der Waals surface area (Å²) < 4.78 is 5.72. The molecule has 2 N–H and O–H groups in total. The Morgan fingerprint density at radius 1 is 1.50 bits per heavy atom. The van der Waals surface area contributed by atoms with Crippen LogP contribution in [0.2, 0.25) is 0 Å². The summed E-state index contributed by atoms with van der Waals surface area (Å²) in [5.74, 6) is 0.601. The molecule has 0 spiro atoms. The van der Waals surface area contributed by atoms with Gasteiger partial charge in [-0.15, -0.1) is 0 Å². The number of nitrogens with two attached hydrogens (primary N) is 1. The highest BCUT2D eigenvalue weighted by Gasteiger charge is 2.54. The van der Waals surface area contributed by atoms with Crippen LogP contribution < -0.4 is 5.73 Å². The topological polar surface area (TPSA) is 52.3 Å². The van der Waals surface area contributed by atoms with Crippen LogP contribution in [0.5, 0.6) is 0 Å². The van der Waals surface area contributed by atoms with Gasteiger partial charge >= 0.3 is 0 Å². The van der Waals surface area contributed by atoms with Crippen molar-refractivity contribution in [1.29, 1.82) is 0 Å². The molecular weight excluding hydrogens is 202 g/mol. The van der Waals surface area contributed by atoms with Crippen molar-refractivity contribution in [2.75, 3.05) is 6.61 Å². The van der Waals surface area contributed by atoms with E-state index in [1.165, 1.54) is 0 Å². The van der Waals surface area contributed by atoms with Gasteiger partial charge in [-0.1, -0.05) is 19.1 Å². The first-order chi connectivity index (χ1) is 7.60. The second kappa shape index (κ2) is 4.21. The third-order valence-electron chi connectivity index (χ3n) is 4.09. The maximum Gasteiger partial charge on any atom is 0.224 e. The van der Waals surface area contributed by atoms with Crippen LogP contribution in [-0.4, -0.2) is 18.6 Å². The summed E-state index contributed by atoms with van der Waals surface area (Å²) in [5, 5.41) is 0. The fraction of sp³-hybridized carbons (Fsp3) is 0.769. The van der Waals surface area contributed by atoms with Gasteiger partial charge in [0.25, 0.3) is 0 Å². The van der Waals surface area contributed by atoms with E-state index >= 15 is 0 Å². The molecule has 1 amide bonds. The fourth-order valence-electron chi connectivity index (χ4n) is 2.76. The molecule has 3 atom stereocenters. The second-order valence-corrected chi connectivity index (χ2v) is 5.10. The number of amides is 1. The van der Waals surface area contributed by atoms with Crippen LogP contribution >= 0.6 is 0 Å². The van der Waals surface area contributed by atoms with Crippen molar-refractivity contribution >= 4 is 5.91 Å². The van der Waals surface area contributed by atoms with Gasteiger partial charge in [0, 0.05) is 12.5 Å². The zero-order chi connectivity index (χ0) is 11.8. The van der Waals surface area contributed by atoms with Gasteiger partial charge in [0.05, 0.1) is 11.5 Å². The second-order valence-electron chi connectivity index (χ2n) is 5.10. The average molecular weight is 223 g/mol. The molecule has 0 aromatic carbocycles. The van der Waals surface area contributed by atoms with Gasteiger partial charge in [-0.3, -0.25) is 4.79 Å². The van der Waals surface area contributed by atoms with E-state index in [9.17, 15) is 4.79 Å². The van der Waals surface area contributed by atoms with Crippen LogP contribution in [0.25, 0.3) is 0 Å². The van der Waals surface area contributed by atoms with Crippen molar-refractivity contribution in [3.8, 4) is 0 Å². The lowest BCUT2D eigenvalue weighted by Crippen LogP contribution is -2.37. The van der Waals surface area contributed by atoms with Crippen molar-refractivity contribution < 1.29 is 9.53 Å². The fourth-order valence-corrected chi connectivity index (χ4v) is 2.76. The summed E-state index contributed by atoms with van der Waals surface area (Å²) in [4.78, 5) is 11.5. The molecule has 0 saturated heterocycles. The molecule has 2 aliphatic rings. The molecule has 2 rings (SSSR count). The SMILES string of the molecule is CCOC1CC(C2(C(N)=O)CC2)C=C[C@H]1C. The minimum absolute atomic E-state index is 0.132. The van der Waals surface area contributed by atoms with E-state index in [-0.39, 0.29) is 23.3 Å². The first-order valence-electron chi connectivity index (χ1n) is 6.20. The Hall–Kier alpha value is -0.830. The number of rotatable bonds is 4. The van der Waals surface area contributed by atoms with Crippen molar-refractivity contribution in [3.05, 3.63) is 12.2 Å². The molecule has 0 radical (unpaired) electrons. The van der Waals surface area contributed by atoms with Crippen LogP contribution in [0, 0.1) is 17.3 Å². The highest BCUT2D eigenvalue weighted by Crippen LogP contribution is 2.55. The lowest BCUT2D eigenvalue weighted by atomic mass is 9.77. The molecule has 2 unspecified atom stereocenters. The minimum atomic E-state index is -0.244. The van der Waals surface area contributed by atoms with E-state index in [2.05, 4.69) is 19.1 Å². The standard InChI is InChI=1S/C13H21NO2/c1-3-16-11-8-10(5-4-9(11)2)13(6-7-13)12(14)15/h4-5,9-11H,3,6-8H2,1-2H3,(H2,14,15)/t9-,10?,11?/m1/s1. The van der Waals surface area contributed by atoms with Crippen molar-refractivity contribution in [2.24, 2.45) is 23.0 Å². The van der Waals surface area contributed by atoms with E-state index in [1.54, 1.807) is 0 Å². The lowest BCUT2D eigenvalue weighted by molar-refractivity contribution is -0.125. The quantitative estimate of drug-likeness (QED) is 0.740. The number of primary amides is 1. The molecule has 90 valence electrons. The van der Waals surface area contributed by atoms with Crippen LogP contribution in [0.4, 0.5) is 0 Å². The highest BCUT2D eigenvalue weighted by molar-refractivity contribution is 5.84. The molecule has 3 nitrogen and oxygen atoms in total. The Bertz CT molecular complexity index is 307. The normalized spacial score (nSPS) is 36.0. The van der Waals surface area contributed by atoms with Gasteiger partial charge in [0.2, 0.25) is 5.91 Å². The minimum Gasteiger partial charge on any atom is -0.378 e. The molecule has 1 saturated carbocycles. The molecule has 3 heteroatoms. The first kappa shape index (κ1) is 11.6. The summed E-state index contributed by atoms with van der Waals surface area (Å²) in [5.41, 5.74) is 5.26. The van der Waals surface area contributed by atoms with Crippen LogP contribution in [0.1, 0.15) is 33.1 Å². The monoisotopic (exact) mass is 223 g/mol. The summed E-state index contributed by atoms with van der Waals surface area (Å²) in [6.07, 6.45) is 7.44. The summed E-state index contributed by atoms with van der Waals surface area (Å²) in [7, 11) is 0. The molecule has 0 aromatic rings. The maximum absolute atomic E-state index is 11.5. The summed E-state index contributed by atoms with van der Waals surface area (Å²) in [6.45, 7) is 4.91. The van der Waals surface area contributed by atoms with Gasteiger partial charge < -0.3 is 10.5 Å². The Labute approximate surface area is 97.0 Å². The molecule has 0 aromatic heterocycles. The number of hydrogen-bond donors (Lipinski definition) is 1. The first-order valence-corrected chi connectivity index (χ1v) is 6.20. The van der Waals surface area contributed by atoms with Crippen LogP contribution in [0.3, 0.4) is 0 Å². The number of ether oxygens (including phenoxy) is 1. The third-order valence-corrected chi connectivity index (χ3v) is 4.09. The molecule has 0 heterocycles. The molecular formula is C13H21NO2. The molecule has 0 aliphatic heterocycles. The predicted octanol–water partition coefficient (Wildman–Crippen LogP) is 1.87. The smallest absolute Gasteiger partial charge is 0.224 e. The van der Waals surface area contributed by atoms with Gasteiger partial charge in [-0.25, -0.2) is 0 Å². The average Bonchev–Trinajstić information content (AvgIpc) is 3.02. The van der Waals surface area contributed by atoms with Gasteiger partial charge in [0.15, 0.2) is 0 Å². The van der Waals surface area contributed by atoms with Gasteiger partial charge in [0.1, 0.15) is 0 Å². The zero-order valence-corrected chi connectivity index (χ0v) is 10.1. The molecule has 0 bridgehead atoms. The third kappa shape index (κ3) is 1.88. The van der Waals surface area contributed by atoms with E-state index in [4.69, 9.17) is 10.5 Å². The predicted molar refractivity (Wildman–Crippen MR) is 62.7 cm³/mol. The Kier molecular flexibility index (Phi) is 3.06. The summed E-state index contributed by atoms with van der Waals surface area (Å²) in [6, 6.07) is 0. The Balaban J connectivity index is 2.08. The van der Waals surface area contributed by atoms with E-state index in [1.807, 2.05) is 6.92 Å². The Morgan fingerprint density at radius 3 is 2.69 bits per heavy atom.